The summed E-state index contributed by atoms with van der Waals surface area (Å²) in [7, 11) is -4.65. The average Bonchev–Trinajstić information content (AvgIpc) is 2.09. The maximum absolute atomic E-state index is 14.4. The first-order valence-electron chi connectivity index (χ1n) is 32.0. The summed E-state index contributed by atoms with van der Waals surface area (Å²) in [6, 6.07) is 2.96. The number of imidazole rings is 1. The van der Waals surface area contributed by atoms with Gasteiger partial charge in [-0.25, -0.2) is 4.98 Å². The SMILES string of the molecule is CC(C)CC(NC(=O)C1CCCN1C(=O)CCOCCOCCOCCOCCOCCOCCOCCOCCNC(=O)C(N)CS)C(=O)NC(Cc1cncn1CCCCCCCCc1ccccc1)C(=O)NC(CO)C(=O)NC(C(N)=O)C(C)CP(=O)(O)O. The van der Waals surface area contributed by atoms with Crippen LogP contribution >= 0.6 is 20.2 Å². The molecule has 1 aliphatic heterocycles. The molecule has 0 spiro atoms. The van der Waals surface area contributed by atoms with Crippen molar-refractivity contribution in [3.8, 4) is 0 Å². The second-order valence-corrected chi connectivity index (χ2v) is 24.9. The van der Waals surface area contributed by atoms with Crippen LogP contribution in [0.3, 0.4) is 0 Å². The van der Waals surface area contributed by atoms with Gasteiger partial charge in [-0.3, -0.25) is 38.1 Å². The van der Waals surface area contributed by atoms with Gasteiger partial charge in [0.25, 0.3) is 0 Å². The number of nitrogens with zero attached hydrogens (tertiary/aromatic N) is 3. The van der Waals surface area contributed by atoms with Gasteiger partial charge in [-0.05, 0) is 55.9 Å². The van der Waals surface area contributed by atoms with E-state index < -0.39 is 92.1 Å². The lowest BCUT2D eigenvalue weighted by atomic mass is 10.0. The molecule has 1 aliphatic rings. The van der Waals surface area contributed by atoms with E-state index in [1.165, 1.54) is 17.4 Å². The molecule has 2 heterocycles. The van der Waals surface area contributed by atoms with Crippen LogP contribution in [0.25, 0.3) is 0 Å². The van der Waals surface area contributed by atoms with E-state index >= 15 is 0 Å². The molecule has 7 unspecified atom stereocenters. The van der Waals surface area contributed by atoms with Gasteiger partial charge in [0, 0.05) is 43.7 Å². The highest BCUT2D eigenvalue weighted by atomic mass is 32.1. The molecule has 0 aliphatic carbocycles. The minimum absolute atomic E-state index is 0.0000160. The number of thiol groups is 1. The fourth-order valence-corrected chi connectivity index (χ4v) is 10.9. The minimum Gasteiger partial charge on any atom is -0.394 e. The number of carbonyl (C=O) groups is 7. The van der Waals surface area contributed by atoms with E-state index in [2.05, 4.69) is 56.3 Å². The summed E-state index contributed by atoms with van der Waals surface area (Å²) in [5, 5.41) is 23.3. The van der Waals surface area contributed by atoms with Crippen molar-refractivity contribution in [2.45, 2.75) is 141 Å². The number of nitrogens with two attached hydrogens (primary N) is 2. The number of unbranched alkanes of at least 4 members (excludes halogenated alkanes) is 5. The summed E-state index contributed by atoms with van der Waals surface area (Å²) in [5.41, 5.74) is 13.0. The third kappa shape index (κ3) is 35.9. The van der Waals surface area contributed by atoms with Gasteiger partial charge in [0.2, 0.25) is 41.4 Å². The van der Waals surface area contributed by atoms with E-state index in [1.807, 2.05) is 36.6 Å². The standard InChI is InChI=1S/C61H105N10O19PS/c1-45(2)38-50(67-61(79)53-17-13-21-71(53)54(73)18-22-83-24-26-85-28-30-87-32-34-89-36-37-90-35-33-88-31-29-86-27-25-84-23-19-65-57(75)49(62)43-92)58(76)66-51(59(77)68-52(41-72)60(78)69-55(56(63)74)46(3)42-91(80,81)82)39-48-40-64-44-70(48)20-12-7-5-4-6-9-14-47-15-10-8-11-16-47/h8,10-11,15-16,40,44-46,49-53,55,72,92H,4-7,9,12-14,17-39,41-43,62H2,1-3H3,(H2,63,74)(H,65,75)(H,66,76)(H,67,79)(H,68,77)(H,69,78)(H2,80,81,82). The van der Waals surface area contributed by atoms with Gasteiger partial charge in [-0.1, -0.05) is 76.8 Å². The lowest BCUT2D eigenvalue weighted by molar-refractivity contribution is -0.140. The first kappa shape index (κ1) is 81.1. The number of aromatic nitrogens is 2. The van der Waals surface area contributed by atoms with E-state index in [-0.39, 0.29) is 62.6 Å². The number of aliphatic hydroxyl groups excluding tert-OH is 1. The van der Waals surface area contributed by atoms with Crippen molar-refractivity contribution in [3.63, 3.8) is 0 Å². The van der Waals surface area contributed by atoms with Crippen molar-refractivity contribution in [2.24, 2.45) is 23.3 Å². The second-order valence-electron chi connectivity index (χ2n) is 22.8. The predicted octanol–water partition coefficient (Wildman–Crippen LogP) is 0.173. The Morgan fingerprint density at radius 2 is 1.18 bits per heavy atom. The van der Waals surface area contributed by atoms with Gasteiger partial charge in [-0.15, -0.1) is 0 Å². The van der Waals surface area contributed by atoms with Crippen LogP contribution in [-0.4, -0.2) is 244 Å². The Morgan fingerprint density at radius 1 is 0.674 bits per heavy atom. The van der Waals surface area contributed by atoms with Crippen molar-refractivity contribution >= 4 is 61.6 Å². The monoisotopic (exact) mass is 1340 g/mol. The molecule has 0 bridgehead atoms. The van der Waals surface area contributed by atoms with Gasteiger partial charge in [0.15, 0.2) is 0 Å². The molecule has 2 aromatic rings. The Balaban J connectivity index is 1.42. The van der Waals surface area contributed by atoms with Gasteiger partial charge in [-0.2, -0.15) is 12.6 Å². The zero-order chi connectivity index (χ0) is 67.4. The summed E-state index contributed by atoms with van der Waals surface area (Å²) in [6.07, 6.45) is 10.3. The highest BCUT2D eigenvalue weighted by Gasteiger charge is 2.38. The van der Waals surface area contributed by atoms with Crippen LogP contribution < -0.4 is 38.1 Å². The molecule has 1 aromatic carbocycles. The number of carbonyl (C=O) groups excluding carboxylic acids is 7. The fourth-order valence-electron chi connectivity index (χ4n) is 9.78. The number of nitrogens with one attached hydrogen (secondary N) is 5. The average molecular weight is 1350 g/mol. The van der Waals surface area contributed by atoms with Crippen molar-refractivity contribution in [1.29, 1.82) is 0 Å². The highest BCUT2D eigenvalue weighted by molar-refractivity contribution is 7.80. The molecule has 31 heteroatoms. The molecule has 1 aromatic heterocycles. The molecule has 7 atom stereocenters. The molecular weight excluding hydrogens is 1240 g/mol. The van der Waals surface area contributed by atoms with Crippen LogP contribution in [0.5, 0.6) is 0 Å². The number of ether oxygens (including phenoxy) is 8. The normalized spacial score (nSPS) is 15.3. The number of aryl methyl sites for hydroxylation is 2. The molecule has 0 saturated carbocycles. The van der Waals surface area contributed by atoms with Crippen molar-refractivity contribution in [1.82, 2.24) is 41.0 Å². The third-order valence-electron chi connectivity index (χ3n) is 14.7. The molecule has 92 heavy (non-hydrogen) atoms. The van der Waals surface area contributed by atoms with Gasteiger partial charge in [0.1, 0.15) is 30.2 Å². The summed E-state index contributed by atoms with van der Waals surface area (Å²) >= 11 is 3.99. The van der Waals surface area contributed by atoms with Crippen molar-refractivity contribution in [3.05, 3.63) is 54.1 Å². The van der Waals surface area contributed by atoms with E-state index in [1.54, 1.807) is 12.5 Å². The van der Waals surface area contributed by atoms with Crippen LogP contribution in [0.2, 0.25) is 0 Å². The molecule has 29 nitrogen and oxygen atoms in total. The number of benzene rings is 1. The Hall–Kier alpha value is -5.18. The van der Waals surface area contributed by atoms with Crippen LogP contribution in [0.1, 0.15) is 96.2 Å². The first-order chi connectivity index (χ1) is 44.2. The minimum atomic E-state index is -4.65. The zero-order valence-corrected chi connectivity index (χ0v) is 55.8. The summed E-state index contributed by atoms with van der Waals surface area (Å²) in [6.45, 7) is 10.9. The number of rotatable bonds is 55. The molecule has 524 valence electrons. The highest BCUT2D eigenvalue weighted by Crippen LogP contribution is 2.37. The van der Waals surface area contributed by atoms with Crippen molar-refractivity contribution < 1.29 is 90.9 Å². The van der Waals surface area contributed by atoms with E-state index in [0.717, 1.165) is 44.9 Å². The molecule has 1 fully saturated rings. The Bertz CT molecular complexity index is 2450. The molecule has 0 radical (unpaired) electrons. The van der Waals surface area contributed by atoms with Crippen LogP contribution in [0.4, 0.5) is 0 Å². The number of amides is 7. The lowest BCUT2D eigenvalue weighted by Gasteiger charge is -2.29. The van der Waals surface area contributed by atoms with E-state index in [9.17, 15) is 53.0 Å². The second kappa shape index (κ2) is 48.5. The predicted molar refractivity (Wildman–Crippen MR) is 344 cm³/mol. The zero-order valence-electron chi connectivity index (χ0n) is 54.0. The summed E-state index contributed by atoms with van der Waals surface area (Å²) < 4.78 is 57.8. The summed E-state index contributed by atoms with van der Waals surface area (Å²) in [4.78, 5) is 119. The number of likely N-dealkylation sites (tertiary alicyclic amines) is 1. The molecular formula is C61H105N10O19PS. The quantitative estimate of drug-likeness (QED) is 0.0239. The molecule has 3 rings (SSSR count). The Kier molecular flexibility index (Phi) is 42.7. The molecule has 1 saturated heterocycles. The number of hydrogen-bond donors (Lipinski definition) is 11. The van der Waals surface area contributed by atoms with Crippen molar-refractivity contribution in [2.75, 3.05) is 137 Å². The van der Waals surface area contributed by atoms with Crippen LogP contribution in [0, 0.1) is 11.8 Å². The Morgan fingerprint density at radius 3 is 1.72 bits per heavy atom. The molecule has 12 N–H and O–H groups in total. The summed E-state index contributed by atoms with van der Waals surface area (Å²) in [5.74, 6) is -5.94. The van der Waals surface area contributed by atoms with Gasteiger partial charge in [0.05, 0.1) is 137 Å². The third-order valence-corrected chi connectivity index (χ3v) is 16.1. The maximum atomic E-state index is 14.4. The fraction of sp³-hybridized carbons (Fsp3) is 0.738. The van der Waals surface area contributed by atoms with Gasteiger partial charge < -0.3 is 100 Å². The largest absolute Gasteiger partial charge is 0.394 e. The maximum Gasteiger partial charge on any atom is 0.325 e. The molecule has 7 amide bonds. The van der Waals surface area contributed by atoms with Crippen LogP contribution in [-0.2, 0) is 95.4 Å². The first-order valence-corrected chi connectivity index (χ1v) is 34.4. The van der Waals surface area contributed by atoms with E-state index in [0.29, 0.717) is 124 Å². The number of aliphatic hydroxyl groups is 1. The number of hydrogen-bond acceptors (Lipinski definition) is 20. The lowest BCUT2D eigenvalue weighted by Crippen LogP contribution is -2.60. The van der Waals surface area contributed by atoms with E-state index in [4.69, 9.17) is 49.4 Å². The smallest absolute Gasteiger partial charge is 0.325 e. The topological polar surface area (TPSA) is 404 Å². The van der Waals surface area contributed by atoms with Gasteiger partial charge >= 0.3 is 7.60 Å². The van der Waals surface area contributed by atoms with Crippen LogP contribution in [0.15, 0.2) is 42.9 Å². The number of primary amides is 1. The Labute approximate surface area is 546 Å².